The molecule has 0 spiro atoms. The molecule has 2 unspecified atom stereocenters. The molecule has 5 nitrogen and oxygen atoms in total. The monoisotopic (exact) mass is 297 g/mol. The van der Waals surface area contributed by atoms with Crippen molar-refractivity contribution in [1.29, 1.82) is 0 Å². The van der Waals surface area contributed by atoms with Gasteiger partial charge in [-0.3, -0.25) is 13.8 Å². The molecule has 0 saturated carbocycles. The number of carboxylic acids is 1. The molecule has 6 heteroatoms. The molecule has 0 saturated heterocycles. The van der Waals surface area contributed by atoms with Crippen molar-refractivity contribution in [2.75, 3.05) is 12.8 Å². The summed E-state index contributed by atoms with van der Waals surface area (Å²) in [6, 6.07) is 6.96. The Morgan fingerprint density at radius 1 is 1.40 bits per heavy atom. The molecule has 1 amide bonds. The van der Waals surface area contributed by atoms with Crippen molar-refractivity contribution < 1.29 is 18.9 Å². The highest BCUT2D eigenvalue weighted by Crippen LogP contribution is 2.08. The SMILES string of the molecule is CC(CNC(=O)c1cccc(CS(C)=O)c1)CC(=O)O. The molecule has 0 radical (unpaired) electrons. The second kappa shape index (κ2) is 7.79. The Bertz CT molecular complexity index is 516. The van der Waals surface area contributed by atoms with E-state index in [-0.39, 0.29) is 18.2 Å². The smallest absolute Gasteiger partial charge is 0.303 e. The Labute approximate surface area is 120 Å². The van der Waals surface area contributed by atoms with Crippen molar-refractivity contribution in [2.24, 2.45) is 5.92 Å². The third kappa shape index (κ3) is 5.97. The molecular weight excluding hydrogens is 278 g/mol. The predicted molar refractivity (Wildman–Crippen MR) is 78.0 cm³/mol. The first-order chi connectivity index (χ1) is 9.38. The summed E-state index contributed by atoms with van der Waals surface area (Å²) in [5.41, 5.74) is 1.34. The molecule has 0 aliphatic heterocycles. The maximum Gasteiger partial charge on any atom is 0.303 e. The van der Waals surface area contributed by atoms with Gasteiger partial charge in [0.15, 0.2) is 0 Å². The summed E-state index contributed by atoms with van der Waals surface area (Å²) < 4.78 is 11.2. The summed E-state index contributed by atoms with van der Waals surface area (Å²) in [4.78, 5) is 22.5. The highest BCUT2D eigenvalue weighted by molar-refractivity contribution is 7.83. The average molecular weight is 297 g/mol. The number of aliphatic carboxylic acids is 1. The number of carbonyl (C=O) groups excluding carboxylic acids is 1. The van der Waals surface area contributed by atoms with Crippen LogP contribution in [0.4, 0.5) is 0 Å². The number of nitrogens with one attached hydrogen (secondary N) is 1. The second-order valence-corrected chi connectivity index (χ2v) is 6.27. The van der Waals surface area contributed by atoms with Gasteiger partial charge >= 0.3 is 5.97 Å². The Morgan fingerprint density at radius 2 is 2.10 bits per heavy atom. The summed E-state index contributed by atoms with van der Waals surface area (Å²) >= 11 is 0. The first-order valence-corrected chi connectivity index (χ1v) is 8.00. The van der Waals surface area contributed by atoms with E-state index in [0.29, 0.717) is 17.9 Å². The van der Waals surface area contributed by atoms with E-state index in [1.807, 2.05) is 6.07 Å². The van der Waals surface area contributed by atoms with Crippen LogP contribution in [0.25, 0.3) is 0 Å². The first kappa shape index (κ1) is 16.4. The molecule has 0 bridgehead atoms. The van der Waals surface area contributed by atoms with Gasteiger partial charge in [-0.1, -0.05) is 19.1 Å². The molecule has 1 aromatic carbocycles. The van der Waals surface area contributed by atoms with Gasteiger partial charge in [-0.2, -0.15) is 0 Å². The fourth-order valence-corrected chi connectivity index (χ4v) is 2.43. The van der Waals surface area contributed by atoms with Gasteiger partial charge in [0.25, 0.3) is 5.91 Å². The lowest BCUT2D eigenvalue weighted by Gasteiger charge is -2.11. The van der Waals surface area contributed by atoms with Crippen molar-refractivity contribution in [3.63, 3.8) is 0 Å². The molecule has 0 aromatic heterocycles. The Kier molecular flexibility index (Phi) is 6.38. The Hall–Kier alpha value is -1.69. The van der Waals surface area contributed by atoms with Gasteiger partial charge in [-0.25, -0.2) is 0 Å². The zero-order valence-corrected chi connectivity index (χ0v) is 12.4. The summed E-state index contributed by atoms with van der Waals surface area (Å²) in [7, 11) is -0.953. The highest BCUT2D eigenvalue weighted by Gasteiger charge is 2.11. The predicted octanol–water partition coefficient (Wildman–Crippen LogP) is 1.41. The van der Waals surface area contributed by atoms with Gasteiger partial charge in [0, 0.05) is 41.3 Å². The lowest BCUT2D eigenvalue weighted by Crippen LogP contribution is -2.29. The molecule has 0 aliphatic carbocycles. The van der Waals surface area contributed by atoms with Crippen molar-refractivity contribution in [2.45, 2.75) is 19.1 Å². The first-order valence-electron chi connectivity index (χ1n) is 6.27. The van der Waals surface area contributed by atoms with E-state index in [1.54, 1.807) is 31.4 Å². The van der Waals surface area contributed by atoms with Crippen molar-refractivity contribution in [1.82, 2.24) is 5.32 Å². The fraction of sp³-hybridized carbons (Fsp3) is 0.429. The minimum absolute atomic E-state index is 0.0230. The van der Waals surface area contributed by atoms with E-state index >= 15 is 0 Å². The number of hydrogen-bond acceptors (Lipinski definition) is 3. The zero-order chi connectivity index (χ0) is 15.1. The van der Waals surface area contributed by atoms with E-state index < -0.39 is 16.8 Å². The quantitative estimate of drug-likeness (QED) is 0.797. The van der Waals surface area contributed by atoms with E-state index in [4.69, 9.17) is 5.11 Å². The summed E-state index contributed by atoms with van der Waals surface area (Å²) in [5.74, 6) is -0.829. The number of carbonyl (C=O) groups is 2. The van der Waals surface area contributed by atoms with Crippen molar-refractivity contribution in [3.05, 3.63) is 35.4 Å². The standard InChI is InChI=1S/C14H19NO4S/c1-10(6-13(16)17)8-15-14(18)12-5-3-4-11(7-12)9-20(2)19/h3-5,7,10H,6,8-9H2,1-2H3,(H,15,18)(H,16,17). The van der Waals surface area contributed by atoms with Crippen LogP contribution in [0.5, 0.6) is 0 Å². The molecule has 20 heavy (non-hydrogen) atoms. The molecule has 1 rings (SSSR count). The third-order valence-electron chi connectivity index (χ3n) is 2.69. The minimum atomic E-state index is -0.953. The average Bonchev–Trinajstić information content (AvgIpc) is 2.34. The van der Waals surface area contributed by atoms with E-state index in [0.717, 1.165) is 5.56 Å². The molecule has 2 N–H and O–H groups in total. The topological polar surface area (TPSA) is 83.5 Å². The van der Waals surface area contributed by atoms with Crippen LogP contribution in [-0.2, 0) is 21.3 Å². The van der Waals surface area contributed by atoms with Crippen molar-refractivity contribution in [3.8, 4) is 0 Å². The highest BCUT2D eigenvalue weighted by atomic mass is 32.2. The third-order valence-corrected chi connectivity index (χ3v) is 3.43. The molecule has 2 atom stereocenters. The zero-order valence-electron chi connectivity index (χ0n) is 11.6. The lowest BCUT2D eigenvalue weighted by atomic mass is 10.1. The number of rotatable bonds is 7. The summed E-state index contributed by atoms with van der Waals surface area (Å²) in [6.45, 7) is 2.08. The number of hydrogen-bond donors (Lipinski definition) is 2. The van der Waals surface area contributed by atoms with Crippen molar-refractivity contribution >= 4 is 22.7 Å². The maximum atomic E-state index is 11.9. The van der Waals surface area contributed by atoms with E-state index in [2.05, 4.69) is 5.32 Å². The number of carboxylic acid groups (broad SMARTS) is 1. The number of amides is 1. The second-order valence-electron chi connectivity index (χ2n) is 4.83. The van der Waals surface area contributed by atoms with Crippen LogP contribution < -0.4 is 5.32 Å². The van der Waals surface area contributed by atoms with Crippen LogP contribution in [-0.4, -0.2) is 34.0 Å². The minimum Gasteiger partial charge on any atom is -0.481 e. The van der Waals surface area contributed by atoms with Gasteiger partial charge in [-0.15, -0.1) is 0 Å². The molecule has 0 fully saturated rings. The van der Waals surface area contributed by atoms with Crippen LogP contribution in [0.15, 0.2) is 24.3 Å². The van der Waals surface area contributed by atoms with Gasteiger partial charge in [-0.05, 0) is 23.6 Å². The Balaban J connectivity index is 2.59. The summed E-state index contributed by atoms with van der Waals surface area (Å²) in [6.07, 6.45) is 1.63. The van der Waals surface area contributed by atoms with E-state index in [9.17, 15) is 13.8 Å². The van der Waals surface area contributed by atoms with Crippen LogP contribution in [0.1, 0.15) is 29.3 Å². The summed E-state index contributed by atoms with van der Waals surface area (Å²) in [5, 5.41) is 11.4. The normalized spacial score (nSPS) is 13.5. The maximum absolute atomic E-state index is 11.9. The lowest BCUT2D eigenvalue weighted by molar-refractivity contribution is -0.137. The van der Waals surface area contributed by atoms with Gasteiger partial charge in [0.1, 0.15) is 0 Å². The van der Waals surface area contributed by atoms with Gasteiger partial charge in [0.2, 0.25) is 0 Å². The van der Waals surface area contributed by atoms with Crippen LogP contribution in [0.3, 0.4) is 0 Å². The molecule has 110 valence electrons. The Morgan fingerprint density at radius 3 is 2.70 bits per heavy atom. The van der Waals surface area contributed by atoms with Gasteiger partial charge < -0.3 is 10.4 Å². The largest absolute Gasteiger partial charge is 0.481 e. The van der Waals surface area contributed by atoms with Crippen LogP contribution in [0, 0.1) is 5.92 Å². The molecule has 1 aromatic rings. The number of benzene rings is 1. The van der Waals surface area contributed by atoms with Gasteiger partial charge in [0.05, 0.1) is 0 Å². The van der Waals surface area contributed by atoms with E-state index in [1.165, 1.54) is 0 Å². The van der Waals surface area contributed by atoms with Crippen LogP contribution in [0.2, 0.25) is 0 Å². The molecular formula is C14H19NO4S. The molecule has 0 heterocycles. The van der Waals surface area contributed by atoms with Crippen LogP contribution >= 0.6 is 0 Å². The molecule has 0 aliphatic rings. The fourth-order valence-electron chi connectivity index (χ4n) is 1.78.